The molecule has 8 heteroatoms. The monoisotopic (exact) mass is 303 g/mol. The van der Waals surface area contributed by atoms with Gasteiger partial charge < -0.3 is 20.6 Å². The fourth-order valence-electron chi connectivity index (χ4n) is 1.92. The van der Waals surface area contributed by atoms with Gasteiger partial charge in [-0.1, -0.05) is 0 Å². The van der Waals surface area contributed by atoms with E-state index in [1.165, 1.54) is 4.90 Å². The van der Waals surface area contributed by atoms with Crippen LogP contribution in [0.4, 0.5) is 4.79 Å². The zero-order chi connectivity index (χ0) is 15.1. The highest BCUT2D eigenvalue weighted by Gasteiger charge is 2.28. The molecule has 0 aromatic heterocycles. The predicted octanol–water partition coefficient (Wildman–Crippen LogP) is 0.113. The van der Waals surface area contributed by atoms with Gasteiger partial charge in [-0.3, -0.25) is 9.59 Å². The molecule has 0 radical (unpaired) electrons. The van der Waals surface area contributed by atoms with Crippen molar-refractivity contribution in [2.75, 3.05) is 24.6 Å². The first kappa shape index (κ1) is 16.6. The lowest BCUT2D eigenvalue weighted by Gasteiger charge is -2.34. The molecule has 7 nitrogen and oxygen atoms in total. The lowest BCUT2D eigenvalue weighted by Crippen LogP contribution is -2.53. The third-order valence-electron chi connectivity index (χ3n) is 2.75. The second-order valence-corrected chi connectivity index (χ2v) is 6.05. The second-order valence-electron chi connectivity index (χ2n) is 4.90. The number of carbonyl (C=O) groups is 3. The van der Waals surface area contributed by atoms with Crippen LogP contribution in [0.3, 0.4) is 0 Å². The normalized spacial score (nSPS) is 18.8. The zero-order valence-electron chi connectivity index (χ0n) is 11.7. The molecular formula is C12H21N3O4S. The van der Waals surface area contributed by atoms with Gasteiger partial charge in [0, 0.05) is 24.1 Å². The highest BCUT2D eigenvalue weighted by molar-refractivity contribution is 7.99. The molecule has 1 rings (SSSR count). The zero-order valence-corrected chi connectivity index (χ0v) is 12.5. The van der Waals surface area contributed by atoms with Gasteiger partial charge in [-0.25, -0.2) is 4.79 Å². The maximum atomic E-state index is 12.0. The Hall–Kier alpha value is -1.44. The summed E-state index contributed by atoms with van der Waals surface area (Å²) in [4.78, 5) is 35.8. The Morgan fingerprint density at radius 2 is 2.10 bits per heavy atom. The minimum absolute atomic E-state index is 0.0190. The summed E-state index contributed by atoms with van der Waals surface area (Å²) in [5.41, 5.74) is 0. The minimum atomic E-state index is -0.923. The molecule has 1 heterocycles. The number of hydrogen-bond donors (Lipinski definition) is 3. The van der Waals surface area contributed by atoms with Crippen LogP contribution >= 0.6 is 11.8 Å². The van der Waals surface area contributed by atoms with E-state index < -0.39 is 5.97 Å². The molecule has 1 fully saturated rings. The molecule has 1 aliphatic heterocycles. The van der Waals surface area contributed by atoms with E-state index in [1.807, 2.05) is 13.8 Å². The third kappa shape index (κ3) is 5.68. The van der Waals surface area contributed by atoms with Crippen molar-refractivity contribution in [3.8, 4) is 0 Å². The van der Waals surface area contributed by atoms with E-state index in [1.54, 1.807) is 11.8 Å². The predicted molar refractivity (Wildman–Crippen MR) is 76.7 cm³/mol. The van der Waals surface area contributed by atoms with Crippen molar-refractivity contribution in [1.29, 1.82) is 0 Å². The van der Waals surface area contributed by atoms with E-state index >= 15 is 0 Å². The molecular weight excluding hydrogens is 282 g/mol. The summed E-state index contributed by atoms with van der Waals surface area (Å²) in [7, 11) is 0. The summed E-state index contributed by atoms with van der Waals surface area (Å²) in [6.07, 6.45) is -0.0708. The minimum Gasteiger partial charge on any atom is -0.481 e. The Labute approximate surface area is 122 Å². The van der Waals surface area contributed by atoms with Gasteiger partial charge in [0.05, 0.1) is 19.0 Å². The summed E-state index contributed by atoms with van der Waals surface area (Å²) < 4.78 is 0. The highest BCUT2D eigenvalue weighted by Crippen LogP contribution is 2.18. The average molecular weight is 303 g/mol. The van der Waals surface area contributed by atoms with Gasteiger partial charge in [0.15, 0.2) is 0 Å². The van der Waals surface area contributed by atoms with E-state index in [9.17, 15) is 14.4 Å². The molecule has 3 amide bonds. The molecule has 1 atom stereocenters. The van der Waals surface area contributed by atoms with Gasteiger partial charge in [-0.05, 0) is 13.8 Å². The SMILES string of the molecule is CC(C)NC(=O)CNC(=O)N1CCSCC1CC(=O)O. The van der Waals surface area contributed by atoms with Crippen molar-refractivity contribution >= 4 is 29.7 Å². The number of urea groups is 1. The van der Waals surface area contributed by atoms with Crippen molar-refractivity contribution in [3.05, 3.63) is 0 Å². The van der Waals surface area contributed by atoms with Crippen LogP contribution in [0.2, 0.25) is 0 Å². The van der Waals surface area contributed by atoms with Crippen LogP contribution in [-0.4, -0.2) is 64.6 Å². The van der Waals surface area contributed by atoms with Crippen LogP contribution in [0.25, 0.3) is 0 Å². The maximum Gasteiger partial charge on any atom is 0.318 e. The van der Waals surface area contributed by atoms with Crippen LogP contribution in [-0.2, 0) is 9.59 Å². The number of amides is 3. The Bertz CT molecular complexity index is 376. The Morgan fingerprint density at radius 3 is 2.70 bits per heavy atom. The lowest BCUT2D eigenvalue weighted by molar-refractivity contribution is -0.138. The number of aliphatic carboxylic acids is 1. The Balaban J connectivity index is 2.46. The first-order valence-corrected chi connectivity index (χ1v) is 7.69. The molecule has 0 aromatic carbocycles. The number of nitrogens with zero attached hydrogens (tertiary/aromatic N) is 1. The number of rotatable bonds is 5. The smallest absolute Gasteiger partial charge is 0.318 e. The molecule has 0 saturated carbocycles. The van der Waals surface area contributed by atoms with Crippen LogP contribution < -0.4 is 10.6 Å². The topological polar surface area (TPSA) is 98.7 Å². The fraction of sp³-hybridized carbons (Fsp3) is 0.750. The lowest BCUT2D eigenvalue weighted by atomic mass is 10.2. The number of nitrogens with one attached hydrogen (secondary N) is 2. The molecule has 1 saturated heterocycles. The van der Waals surface area contributed by atoms with E-state index in [4.69, 9.17) is 5.11 Å². The fourth-order valence-corrected chi connectivity index (χ4v) is 2.99. The standard InChI is InChI=1S/C12H21N3O4S/c1-8(2)14-10(16)6-13-12(19)15-3-4-20-7-9(15)5-11(17)18/h8-9H,3-7H2,1-2H3,(H,13,19)(H,14,16)(H,17,18). The summed E-state index contributed by atoms with van der Waals surface area (Å²) in [5.74, 6) is 0.210. The summed E-state index contributed by atoms with van der Waals surface area (Å²) in [6.45, 7) is 4.08. The van der Waals surface area contributed by atoms with E-state index in [0.29, 0.717) is 12.3 Å². The number of carboxylic acids is 1. The molecule has 1 aliphatic rings. The Morgan fingerprint density at radius 1 is 1.40 bits per heavy atom. The largest absolute Gasteiger partial charge is 0.481 e. The molecule has 0 bridgehead atoms. The summed E-state index contributed by atoms with van der Waals surface area (Å²) >= 11 is 1.63. The van der Waals surface area contributed by atoms with Crippen molar-refractivity contribution in [3.63, 3.8) is 0 Å². The quantitative estimate of drug-likeness (QED) is 0.670. The van der Waals surface area contributed by atoms with Crippen molar-refractivity contribution in [2.24, 2.45) is 0 Å². The first-order valence-electron chi connectivity index (χ1n) is 6.53. The van der Waals surface area contributed by atoms with Gasteiger partial charge in [0.2, 0.25) is 5.91 Å². The van der Waals surface area contributed by atoms with Gasteiger partial charge >= 0.3 is 12.0 Å². The molecule has 1 unspecified atom stereocenters. The third-order valence-corrected chi connectivity index (χ3v) is 3.84. The van der Waals surface area contributed by atoms with Crippen molar-refractivity contribution in [2.45, 2.75) is 32.4 Å². The van der Waals surface area contributed by atoms with Gasteiger partial charge in [0.1, 0.15) is 0 Å². The first-order chi connectivity index (χ1) is 9.40. The van der Waals surface area contributed by atoms with Crippen LogP contribution in [0.5, 0.6) is 0 Å². The summed E-state index contributed by atoms with van der Waals surface area (Å²) in [5, 5.41) is 14.1. The molecule has 114 valence electrons. The van der Waals surface area contributed by atoms with Crippen LogP contribution in [0.15, 0.2) is 0 Å². The van der Waals surface area contributed by atoms with Gasteiger partial charge in [-0.2, -0.15) is 11.8 Å². The summed E-state index contributed by atoms with van der Waals surface area (Å²) in [6, 6.07) is -0.680. The van der Waals surface area contributed by atoms with E-state index in [-0.39, 0.29) is 37.0 Å². The molecule has 0 aliphatic carbocycles. The Kier molecular flexibility index (Phi) is 6.63. The van der Waals surface area contributed by atoms with E-state index in [0.717, 1.165) is 5.75 Å². The van der Waals surface area contributed by atoms with Crippen molar-refractivity contribution in [1.82, 2.24) is 15.5 Å². The molecule has 0 aromatic rings. The van der Waals surface area contributed by atoms with Crippen molar-refractivity contribution < 1.29 is 19.5 Å². The van der Waals surface area contributed by atoms with E-state index in [2.05, 4.69) is 10.6 Å². The number of thioether (sulfide) groups is 1. The number of carbonyl (C=O) groups excluding carboxylic acids is 2. The molecule has 3 N–H and O–H groups in total. The highest BCUT2D eigenvalue weighted by atomic mass is 32.2. The van der Waals surface area contributed by atoms with Crippen LogP contribution in [0.1, 0.15) is 20.3 Å². The van der Waals surface area contributed by atoms with Gasteiger partial charge in [0.25, 0.3) is 0 Å². The molecule has 20 heavy (non-hydrogen) atoms. The average Bonchev–Trinajstić information content (AvgIpc) is 2.35. The molecule has 0 spiro atoms. The number of carboxylic acid groups (broad SMARTS) is 1. The maximum absolute atomic E-state index is 12.0. The second kappa shape index (κ2) is 7.98. The van der Waals surface area contributed by atoms with Gasteiger partial charge in [-0.15, -0.1) is 0 Å². The number of hydrogen-bond acceptors (Lipinski definition) is 4. The van der Waals surface area contributed by atoms with Crippen LogP contribution in [0, 0.1) is 0 Å².